The van der Waals surface area contributed by atoms with Gasteiger partial charge < -0.3 is 15.2 Å². The third-order valence-electron chi connectivity index (χ3n) is 3.43. The van der Waals surface area contributed by atoms with Crippen molar-refractivity contribution in [3.05, 3.63) is 21.4 Å². The van der Waals surface area contributed by atoms with E-state index in [0.717, 1.165) is 23.5 Å². The monoisotopic (exact) mass is 297 g/mol. The van der Waals surface area contributed by atoms with Crippen LogP contribution in [0.2, 0.25) is 0 Å². The fourth-order valence-corrected chi connectivity index (χ4v) is 3.60. The van der Waals surface area contributed by atoms with E-state index in [-0.39, 0.29) is 17.4 Å². The van der Waals surface area contributed by atoms with E-state index in [4.69, 9.17) is 4.74 Å². The number of nitrogens with one attached hydrogen (secondary N) is 1. The molecule has 20 heavy (non-hydrogen) atoms. The zero-order valence-corrected chi connectivity index (χ0v) is 13.2. The van der Waals surface area contributed by atoms with Crippen molar-refractivity contribution >= 4 is 17.2 Å². The van der Waals surface area contributed by atoms with Crippen LogP contribution in [0.3, 0.4) is 0 Å². The molecule has 0 aromatic carbocycles. The van der Waals surface area contributed by atoms with E-state index >= 15 is 0 Å². The van der Waals surface area contributed by atoms with Crippen molar-refractivity contribution in [2.45, 2.75) is 46.3 Å². The molecule has 1 aromatic heterocycles. The summed E-state index contributed by atoms with van der Waals surface area (Å²) < 4.78 is 5.39. The Morgan fingerprint density at radius 3 is 3.00 bits per heavy atom. The number of rotatable bonds is 5. The lowest BCUT2D eigenvalue weighted by Gasteiger charge is -2.26. The van der Waals surface area contributed by atoms with Gasteiger partial charge in [-0.05, 0) is 30.4 Å². The van der Waals surface area contributed by atoms with Gasteiger partial charge in [0.2, 0.25) is 0 Å². The molecule has 0 radical (unpaired) electrons. The summed E-state index contributed by atoms with van der Waals surface area (Å²) >= 11 is 1.57. The molecule has 5 heteroatoms. The summed E-state index contributed by atoms with van der Waals surface area (Å²) in [6, 6.07) is 1.94. The third kappa shape index (κ3) is 4.04. The first-order chi connectivity index (χ1) is 9.37. The van der Waals surface area contributed by atoms with E-state index in [1.54, 1.807) is 18.3 Å². The molecule has 1 unspecified atom stereocenters. The highest BCUT2D eigenvalue weighted by Gasteiger charge is 2.23. The van der Waals surface area contributed by atoms with Crippen molar-refractivity contribution < 1.29 is 14.6 Å². The predicted molar refractivity (Wildman–Crippen MR) is 80.1 cm³/mol. The topological polar surface area (TPSA) is 58.6 Å². The van der Waals surface area contributed by atoms with Crippen LogP contribution < -0.4 is 5.32 Å². The van der Waals surface area contributed by atoms with Crippen molar-refractivity contribution in [1.29, 1.82) is 0 Å². The maximum atomic E-state index is 12.2. The van der Waals surface area contributed by atoms with Gasteiger partial charge in [0.25, 0.3) is 5.91 Å². The SMILES string of the molecule is CC(O)CC(C)(C)CNC(=O)c1cc2c(s1)CCOC2. The van der Waals surface area contributed by atoms with E-state index in [1.165, 1.54) is 4.88 Å². The highest BCUT2D eigenvalue weighted by atomic mass is 32.1. The molecule has 2 N–H and O–H groups in total. The first kappa shape index (κ1) is 15.5. The minimum absolute atomic E-state index is 0.0249. The molecule has 0 saturated carbocycles. The maximum Gasteiger partial charge on any atom is 0.261 e. The van der Waals surface area contributed by atoms with Gasteiger partial charge >= 0.3 is 0 Å². The smallest absolute Gasteiger partial charge is 0.261 e. The number of fused-ring (bicyclic) bond motifs is 1. The average molecular weight is 297 g/mol. The van der Waals surface area contributed by atoms with Crippen LogP contribution in [0.25, 0.3) is 0 Å². The molecule has 2 heterocycles. The number of thiophene rings is 1. The Balaban J connectivity index is 1.93. The molecule has 0 saturated heterocycles. The number of aliphatic hydroxyl groups excluding tert-OH is 1. The van der Waals surface area contributed by atoms with E-state index in [2.05, 4.69) is 5.32 Å². The lowest BCUT2D eigenvalue weighted by molar-refractivity contribution is 0.0905. The Morgan fingerprint density at radius 2 is 2.35 bits per heavy atom. The largest absolute Gasteiger partial charge is 0.393 e. The summed E-state index contributed by atoms with van der Waals surface area (Å²) in [5.41, 5.74) is 1.04. The van der Waals surface area contributed by atoms with Gasteiger partial charge in [0.15, 0.2) is 0 Å². The van der Waals surface area contributed by atoms with Crippen LogP contribution in [0.1, 0.15) is 47.3 Å². The first-order valence-corrected chi connectivity index (χ1v) is 7.85. The number of carbonyl (C=O) groups excluding carboxylic acids is 1. The van der Waals surface area contributed by atoms with Crippen LogP contribution in [0, 0.1) is 5.41 Å². The molecule has 2 rings (SSSR count). The number of amides is 1. The lowest BCUT2D eigenvalue weighted by Crippen LogP contribution is -2.35. The van der Waals surface area contributed by atoms with Gasteiger partial charge in [-0.1, -0.05) is 13.8 Å². The Kier molecular flexibility index (Phi) is 4.83. The van der Waals surface area contributed by atoms with Crippen LogP contribution in [0.5, 0.6) is 0 Å². The van der Waals surface area contributed by atoms with Crippen molar-refractivity contribution in [3.63, 3.8) is 0 Å². The summed E-state index contributed by atoms with van der Waals surface area (Å²) in [5.74, 6) is -0.0249. The third-order valence-corrected chi connectivity index (χ3v) is 4.66. The van der Waals surface area contributed by atoms with Gasteiger partial charge in [-0.25, -0.2) is 0 Å². The highest BCUT2D eigenvalue weighted by molar-refractivity contribution is 7.14. The van der Waals surface area contributed by atoms with Crippen LogP contribution in [0.15, 0.2) is 6.07 Å². The van der Waals surface area contributed by atoms with Crippen molar-refractivity contribution in [1.82, 2.24) is 5.32 Å². The first-order valence-electron chi connectivity index (χ1n) is 7.03. The Hall–Kier alpha value is -0.910. The molecule has 1 amide bonds. The van der Waals surface area contributed by atoms with Gasteiger partial charge in [-0.15, -0.1) is 11.3 Å². The van der Waals surface area contributed by atoms with E-state index in [0.29, 0.717) is 19.6 Å². The van der Waals surface area contributed by atoms with Gasteiger partial charge in [-0.2, -0.15) is 0 Å². The Morgan fingerprint density at radius 1 is 1.60 bits per heavy atom. The summed E-state index contributed by atoms with van der Waals surface area (Å²) in [4.78, 5) is 14.2. The van der Waals surface area contributed by atoms with Gasteiger partial charge in [0.05, 0.1) is 24.2 Å². The van der Waals surface area contributed by atoms with Gasteiger partial charge in [-0.3, -0.25) is 4.79 Å². The van der Waals surface area contributed by atoms with Crippen LogP contribution >= 0.6 is 11.3 Å². The van der Waals surface area contributed by atoms with E-state index in [9.17, 15) is 9.90 Å². The molecule has 0 fully saturated rings. The van der Waals surface area contributed by atoms with Crippen LogP contribution in [0.4, 0.5) is 0 Å². The summed E-state index contributed by atoms with van der Waals surface area (Å²) in [5, 5.41) is 12.4. The lowest BCUT2D eigenvalue weighted by atomic mass is 9.87. The standard InChI is InChI=1S/C15H23NO3S/c1-10(17)7-15(2,3)9-16-14(18)13-6-11-8-19-5-4-12(11)20-13/h6,10,17H,4-5,7-9H2,1-3H3,(H,16,18). The second-order valence-electron chi connectivity index (χ2n) is 6.26. The molecule has 4 nitrogen and oxygen atoms in total. The van der Waals surface area contributed by atoms with Crippen LogP contribution in [-0.2, 0) is 17.8 Å². The molecule has 1 aliphatic heterocycles. The second-order valence-corrected chi connectivity index (χ2v) is 7.40. The molecule has 0 bridgehead atoms. The maximum absolute atomic E-state index is 12.2. The van der Waals surface area contributed by atoms with E-state index < -0.39 is 0 Å². The number of hydrogen-bond acceptors (Lipinski definition) is 4. The predicted octanol–water partition coefficient (Wildman–Crippen LogP) is 2.35. The Bertz CT molecular complexity index is 456. The Labute approximate surface area is 124 Å². The van der Waals surface area contributed by atoms with Gasteiger partial charge in [0, 0.05) is 17.8 Å². The quantitative estimate of drug-likeness (QED) is 0.877. The molecule has 0 aliphatic carbocycles. The van der Waals surface area contributed by atoms with Crippen molar-refractivity contribution in [2.24, 2.45) is 5.41 Å². The number of aliphatic hydroxyl groups is 1. The van der Waals surface area contributed by atoms with Crippen LogP contribution in [-0.4, -0.2) is 30.3 Å². The molecule has 1 aromatic rings. The molecular formula is C15H23NO3S. The number of ether oxygens (including phenoxy) is 1. The second kappa shape index (κ2) is 6.24. The molecule has 1 atom stereocenters. The minimum atomic E-state index is -0.354. The fraction of sp³-hybridized carbons (Fsp3) is 0.667. The van der Waals surface area contributed by atoms with Crippen molar-refractivity contribution in [2.75, 3.05) is 13.2 Å². The molecule has 112 valence electrons. The zero-order valence-electron chi connectivity index (χ0n) is 12.4. The minimum Gasteiger partial charge on any atom is -0.393 e. The molecule has 1 aliphatic rings. The average Bonchev–Trinajstić information content (AvgIpc) is 2.78. The van der Waals surface area contributed by atoms with Crippen molar-refractivity contribution in [3.8, 4) is 0 Å². The normalized spacial score (nSPS) is 16.6. The number of carbonyl (C=O) groups is 1. The highest BCUT2D eigenvalue weighted by Crippen LogP contribution is 2.27. The van der Waals surface area contributed by atoms with E-state index in [1.807, 2.05) is 19.9 Å². The summed E-state index contributed by atoms with van der Waals surface area (Å²) in [6.45, 7) is 7.80. The summed E-state index contributed by atoms with van der Waals surface area (Å²) in [6.07, 6.45) is 1.22. The number of hydrogen-bond donors (Lipinski definition) is 2. The zero-order chi connectivity index (χ0) is 14.8. The van der Waals surface area contributed by atoms with Gasteiger partial charge in [0.1, 0.15) is 0 Å². The summed E-state index contributed by atoms with van der Waals surface area (Å²) in [7, 11) is 0. The fourth-order valence-electron chi connectivity index (χ4n) is 2.54. The molecular weight excluding hydrogens is 274 g/mol. The molecule has 0 spiro atoms.